The lowest BCUT2D eigenvalue weighted by atomic mass is 10.0. The Labute approximate surface area is 198 Å². The van der Waals surface area contributed by atoms with Crippen molar-refractivity contribution in [3.05, 3.63) is 76.3 Å². The maximum Gasteiger partial charge on any atom is 0.412 e. The number of halogens is 2. The molecule has 3 rings (SSSR count). The van der Waals surface area contributed by atoms with Gasteiger partial charge in [0.15, 0.2) is 0 Å². The maximum atomic E-state index is 14.2. The summed E-state index contributed by atoms with van der Waals surface area (Å²) in [6.07, 6.45) is 3.45. The standard InChI is InChI=1S/C25H27ClFN3O3/c1-15-17(13-28-14-22(15)29-20-9-7-18(26)12-19(20)27)10-16-6-8-21(23(11-16)32-5)30-24(31)33-25(2,3)4/h6-9,11-14,29H,10H2,1-5H3,(H,30,31). The molecule has 8 heteroatoms. The average Bonchev–Trinajstić information content (AvgIpc) is 2.72. The van der Waals surface area contributed by atoms with Crippen molar-refractivity contribution in [2.24, 2.45) is 0 Å². The van der Waals surface area contributed by atoms with Crippen LogP contribution in [0.3, 0.4) is 0 Å². The number of carbonyl (C=O) groups is 1. The molecular formula is C25H27ClFN3O3. The van der Waals surface area contributed by atoms with Gasteiger partial charge >= 0.3 is 6.09 Å². The monoisotopic (exact) mass is 471 g/mol. The van der Waals surface area contributed by atoms with Crippen LogP contribution < -0.4 is 15.4 Å². The normalized spacial score (nSPS) is 11.1. The van der Waals surface area contributed by atoms with E-state index in [0.29, 0.717) is 34.3 Å². The fourth-order valence-corrected chi connectivity index (χ4v) is 3.35. The molecule has 0 aliphatic carbocycles. The molecule has 174 valence electrons. The Morgan fingerprint density at radius 1 is 1.09 bits per heavy atom. The Kier molecular flexibility index (Phi) is 7.43. The van der Waals surface area contributed by atoms with E-state index in [0.717, 1.165) is 16.7 Å². The van der Waals surface area contributed by atoms with Gasteiger partial charge in [-0.3, -0.25) is 10.3 Å². The van der Waals surface area contributed by atoms with Crippen LogP contribution in [-0.2, 0) is 11.2 Å². The van der Waals surface area contributed by atoms with E-state index in [4.69, 9.17) is 21.1 Å². The molecule has 0 fully saturated rings. The minimum atomic E-state index is -0.601. The minimum Gasteiger partial charge on any atom is -0.495 e. The van der Waals surface area contributed by atoms with Gasteiger partial charge in [0.05, 0.1) is 30.4 Å². The van der Waals surface area contributed by atoms with Crippen molar-refractivity contribution in [3.8, 4) is 5.75 Å². The number of nitrogens with one attached hydrogen (secondary N) is 2. The molecule has 2 aromatic carbocycles. The van der Waals surface area contributed by atoms with Crippen LogP contribution >= 0.6 is 11.6 Å². The fraction of sp³-hybridized carbons (Fsp3) is 0.280. The van der Waals surface area contributed by atoms with E-state index < -0.39 is 17.5 Å². The number of rotatable bonds is 6. The molecule has 0 atom stereocenters. The molecule has 0 unspecified atom stereocenters. The topological polar surface area (TPSA) is 72.5 Å². The molecule has 0 radical (unpaired) electrons. The predicted molar refractivity (Wildman–Crippen MR) is 129 cm³/mol. The highest BCUT2D eigenvalue weighted by atomic mass is 35.5. The first kappa shape index (κ1) is 24.3. The second-order valence-electron chi connectivity index (χ2n) is 8.56. The highest BCUT2D eigenvalue weighted by Gasteiger charge is 2.18. The van der Waals surface area contributed by atoms with Gasteiger partial charge in [0.1, 0.15) is 17.2 Å². The van der Waals surface area contributed by atoms with Gasteiger partial charge in [-0.2, -0.15) is 0 Å². The third-order valence-corrected chi connectivity index (χ3v) is 5.05. The van der Waals surface area contributed by atoms with Gasteiger partial charge in [0, 0.05) is 11.2 Å². The molecular weight excluding hydrogens is 445 g/mol. The second-order valence-corrected chi connectivity index (χ2v) is 9.00. The summed E-state index contributed by atoms with van der Waals surface area (Å²) in [4.78, 5) is 16.4. The van der Waals surface area contributed by atoms with Crippen molar-refractivity contribution in [1.29, 1.82) is 0 Å². The molecule has 1 aromatic heterocycles. The van der Waals surface area contributed by atoms with E-state index in [-0.39, 0.29) is 0 Å². The number of hydrogen-bond donors (Lipinski definition) is 2. The third kappa shape index (κ3) is 6.58. The van der Waals surface area contributed by atoms with Gasteiger partial charge in [-0.1, -0.05) is 17.7 Å². The molecule has 0 aliphatic rings. The predicted octanol–water partition coefficient (Wildman–Crippen LogP) is 6.87. The van der Waals surface area contributed by atoms with Crippen LogP contribution in [0.1, 0.15) is 37.5 Å². The van der Waals surface area contributed by atoms with Crippen LogP contribution in [0.4, 0.5) is 26.2 Å². The summed E-state index contributed by atoms with van der Waals surface area (Å²) in [5.41, 5.74) is 3.79. The lowest BCUT2D eigenvalue weighted by molar-refractivity contribution is 0.0635. The number of methoxy groups -OCH3 is 1. The number of ether oxygens (including phenoxy) is 2. The summed E-state index contributed by atoms with van der Waals surface area (Å²) in [5.74, 6) is 0.0756. The first-order valence-electron chi connectivity index (χ1n) is 10.4. The summed E-state index contributed by atoms with van der Waals surface area (Å²) in [7, 11) is 1.54. The number of carbonyl (C=O) groups excluding carboxylic acids is 1. The molecule has 1 heterocycles. The van der Waals surface area contributed by atoms with Crippen molar-refractivity contribution in [2.75, 3.05) is 17.7 Å². The van der Waals surface area contributed by atoms with Crippen LogP contribution in [0, 0.1) is 12.7 Å². The second kappa shape index (κ2) is 10.1. The maximum absolute atomic E-state index is 14.2. The number of nitrogens with zero attached hydrogens (tertiary/aromatic N) is 1. The van der Waals surface area contributed by atoms with Crippen molar-refractivity contribution in [3.63, 3.8) is 0 Å². The summed E-state index contributed by atoms with van der Waals surface area (Å²) in [6, 6.07) is 9.99. The molecule has 0 saturated heterocycles. The lowest BCUT2D eigenvalue weighted by Crippen LogP contribution is -2.27. The Hall–Kier alpha value is -3.32. The fourth-order valence-electron chi connectivity index (χ4n) is 3.19. The van der Waals surface area contributed by atoms with Crippen molar-refractivity contribution in [1.82, 2.24) is 4.98 Å². The zero-order chi connectivity index (χ0) is 24.2. The van der Waals surface area contributed by atoms with E-state index >= 15 is 0 Å². The molecule has 0 bridgehead atoms. The Bertz CT molecular complexity index is 1160. The third-order valence-electron chi connectivity index (χ3n) is 4.82. The van der Waals surface area contributed by atoms with Crippen molar-refractivity contribution in [2.45, 2.75) is 39.7 Å². The van der Waals surface area contributed by atoms with Crippen LogP contribution in [0.2, 0.25) is 5.02 Å². The minimum absolute atomic E-state index is 0.320. The Morgan fingerprint density at radius 3 is 2.48 bits per heavy atom. The van der Waals surface area contributed by atoms with Crippen LogP contribution in [0.15, 0.2) is 48.8 Å². The van der Waals surface area contributed by atoms with Crippen molar-refractivity contribution >= 4 is 34.8 Å². The van der Waals surface area contributed by atoms with Crippen LogP contribution in [-0.4, -0.2) is 23.8 Å². The summed E-state index contributed by atoms with van der Waals surface area (Å²) < 4.78 is 25.0. The number of benzene rings is 2. The van der Waals surface area contributed by atoms with E-state index in [2.05, 4.69) is 15.6 Å². The van der Waals surface area contributed by atoms with Gasteiger partial charge < -0.3 is 14.8 Å². The van der Waals surface area contributed by atoms with Gasteiger partial charge in [-0.15, -0.1) is 0 Å². The van der Waals surface area contributed by atoms with Gasteiger partial charge in [0.25, 0.3) is 0 Å². The number of pyridine rings is 1. The highest BCUT2D eigenvalue weighted by molar-refractivity contribution is 6.30. The molecule has 0 saturated carbocycles. The molecule has 33 heavy (non-hydrogen) atoms. The summed E-state index contributed by atoms with van der Waals surface area (Å²) in [5, 5.41) is 6.13. The van der Waals surface area contributed by atoms with Gasteiger partial charge in [0.2, 0.25) is 0 Å². The Balaban J connectivity index is 1.79. The summed E-state index contributed by atoms with van der Waals surface area (Å²) in [6.45, 7) is 7.34. The zero-order valence-corrected chi connectivity index (χ0v) is 20.0. The van der Waals surface area contributed by atoms with Crippen molar-refractivity contribution < 1.29 is 18.7 Å². The Morgan fingerprint density at radius 2 is 1.82 bits per heavy atom. The molecule has 2 N–H and O–H groups in total. The largest absolute Gasteiger partial charge is 0.495 e. The van der Waals surface area contributed by atoms with E-state index in [1.54, 1.807) is 51.4 Å². The van der Waals surface area contributed by atoms with Gasteiger partial charge in [-0.05, 0) is 81.1 Å². The molecule has 1 amide bonds. The van der Waals surface area contributed by atoms with E-state index in [1.165, 1.54) is 13.2 Å². The summed E-state index contributed by atoms with van der Waals surface area (Å²) >= 11 is 5.84. The number of hydrogen-bond acceptors (Lipinski definition) is 5. The molecule has 6 nitrogen and oxygen atoms in total. The van der Waals surface area contributed by atoms with Gasteiger partial charge in [-0.25, -0.2) is 9.18 Å². The van der Waals surface area contributed by atoms with Crippen LogP contribution in [0.5, 0.6) is 5.75 Å². The van der Waals surface area contributed by atoms with Crippen LogP contribution in [0.25, 0.3) is 0 Å². The zero-order valence-electron chi connectivity index (χ0n) is 19.3. The molecule has 0 aliphatic heterocycles. The molecule has 3 aromatic rings. The lowest BCUT2D eigenvalue weighted by Gasteiger charge is -2.20. The number of aromatic nitrogens is 1. The quantitative estimate of drug-likeness (QED) is 0.410. The SMILES string of the molecule is COc1cc(Cc2cncc(Nc3ccc(Cl)cc3F)c2C)ccc1NC(=O)OC(C)(C)C. The first-order chi connectivity index (χ1) is 15.6. The van der Waals surface area contributed by atoms with E-state index in [1.807, 2.05) is 19.1 Å². The first-order valence-corrected chi connectivity index (χ1v) is 10.8. The number of anilines is 3. The average molecular weight is 472 g/mol. The molecule has 0 spiro atoms. The van der Waals surface area contributed by atoms with E-state index in [9.17, 15) is 9.18 Å². The smallest absolute Gasteiger partial charge is 0.412 e. The number of amides is 1. The highest BCUT2D eigenvalue weighted by Crippen LogP contribution is 2.30.